The van der Waals surface area contributed by atoms with Crippen molar-refractivity contribution in [2.75, 3.05) is 0 Å². The number of benzene rings is 1. The molecule has 4 heteroatoms. The van der Waals surface area contributed by atoms with Crippen LogP contribution in [0, 0.1) is 17.8 Å². The summed E-state index contributed by atoms with van der Waals surface area (Å²) in [6.45, 7) is 4.29. The van der Waals surface area contributed by atoms with E-state index in [9.17, 15) is 9.59 Å². The van der Waals surface area contributed by atoms with Crippen molar-refractivity contribution in [3.05, 3.63) is 35.9 Å². The summed E-state index contributed by atoms with van der Waals surface area (Å²) < 4.78 is 0. The summed E-state index contributed by atoms with van der Waals surface area (Å²) in [5, 5.41) is 12.3. The molecule has 0 aliphatic heterocycles. The zero-order valence-electron chi connectivity index (χ0n) is 14.0. The number of carbonyl (C=O) groups is 2. The normalized spacial score (nSPS) is 22.0. The number of carboxylic acid groups (broad SMARTS) is 1. The first-order valence-electron chi connectivity index (χ1n) is 8.64. The van der Waals surface area contributed by atoms with Gasteiger partial charge in [-0.3, -0.25) is 9.59 Å². The molecule has 0 spiro atoms. The summed E-state index contributed by atoms with van der Waals surface area (Å²) in [5.41, 5.74) is 1.13. The Labute approximate surface area is 138 Å². The Kier molecular flexibility index (Phi) is 6.20. The highest BCUT2D eigenvalue weighted by molar-refractivity contribution is 5.81. The van der Waals surface area contributed by atoms with E-state index in [0.717, 1.165) is 18.4 Å². The van der Waals surface area contributed by atoms with Gasteiger partial charge in [0, 0.05) is 5.92 Å². The minimum atomic E-state index is -0.778. The van der Waals surface area contributed by atoms with Crippen LogP contribution in [0.15, 0.2) is 30.3 Å². The van der Waals surface area contributed by atoms with Gasteiger partial charge in [-0.1, -0.05) is 57.0 Å². The van der Waals surface area contributed by atoms with Gasteiger partial charge in [0.1, 0.15) is 0 Å². The molecule has 23 heavy (non-hydrogen) atoms. The second kappa shape index (κ2) is 8.14. The predicted molar refractivity (Wildman–Crippen MR) is 89.9 cm³/mol. The molecule has 0 aromatic heterocycles. The zero-order chi connectivity index (χ0) is 16.8. The monoisotopic (exact) mass is 317 g/mol. The number of rotatable bonds is 7. The second-order valence-electron chi connectivity index (χ2n) is 6.52. The van der Waals surface area contributed by atoms with E-state index in [2.05, 4.69) is 31.3 Å². The molecule has 1 fully saturated rings. The fraction of sp³-hybridized carbons (Fsp3) is 0.579. The van der Waals surface area contributed by atoms with Crippen LogP contribution in [0.3, 0.4) is 0 Å². The molecule has 4 nitrogen and oxygen atoms in total. The standard InChI is InChI=1S/C19H27NO3/c1-3-13(4-2)17(14-8-6-5-7-9-14)20-18(21)15-10-11-16(12-15)19(22)23/h5-9,13,15-17H,3-4,10-12H2,1-2H3,(H,20,21)(H,22,23)/t15-,16+,17?/m1/s1. The van der Waals surface area contributed by atoms with Crippen LogP contribution < -0.4 is 5.32 Å². The maximum absolute atomic E-state index is 12.6. The quantitative estimate of drug-likeness (QED) is 0.804. The molecule has 3 atom stereocenters. The molecule has 0 radical (unpaired) electrons. The molecule has 1 unspecified atom stereocenters. The maximum Gasteiger partial charge on any atom is 0.306 e. The van der Waals surface area contributed by atoms with Gasteiger partial charge < -0.3 is 10.4 Å². The molecule has 1 saturated carbocycles. The molecule has 2 N–H and O–H groups in total. The molecule has 1 aromatic rings. The fourth-order valence-electron chi connectivity index (χ4n) is 3.61. The Morgan fingerprint density at radius 3 is 2.26 bits per heavy atom. The van der Waals surface area contributed by atoms with Crippen molar-refractivity contribution >= 4 is 11.9 Å². The van der Waals surface area contributed by atoms with E-state index in [-0.39, 0.29) is 23.8 Å². The van der Waals surface area contributed by atoms with Gasteiger partial charge in [-0.2, -0.15) is 0 Å². The van der Waals surface area contributed by atoms with Crippen LogP contribution in [-0.2, 0) is 9.59 Å². The van der Waals surface area contributed by atoms with E-state index in [1.54, 1.807) is 0 Å². The highest BCUT2D eigenvalue weighted by Crippen LogP contribution is 2.33. The van der Waals surface area contributed by atoms with Crippen molar-refractivity contribution in [1.82, 2.24) is 5.32 Å². The number of hydrogen-bond donors (Lipinski definition) is 2. The Hall–Kier alpha value is -1.84. The Morgan fingerprint density at radius 1 is 1.13 bits per heavy atom. The van der Waals surface area contributed by atoms with Crippen molar-refractivity contribution in [2.45, 2.75) is 52.0 Å². The van der Waals surface area contributed by atoms with Gasteiger partial charge in [-0.25, -0.2) is 0 Å². The SMILES string of the molecule is CCC(CC)C(NC(=O)[C@@H]1CC[C@H](C(=O)O)C1)c1ccccc1. The van der Waals surface area contributed by atoms with Crippen molar-refractivity contribution in [1.29, 1.82) is 0 Å². The molecule has 1 aliphatic rings. The molecule has 0 saturated heterocycles. The zero-order valence-corrected chi connectivity index (χ0v) is 14.0. The molecule has 1 aliphatic carbocycles. The molecule has 0 heterocycles. The summed E-state index contributed by atoms with van der Waals surface area (Å²) in [6.07, 6.45) is 3.74. The van der Waals surface area contributed by atoms with Crippen LogP contribution in [0.5, 0.6) is 0 Å². The third-order valence-corrected chi connectivity index (χ3v) is 5.13. The lowest BCUT2D eigenvalue weighted by atomic mass is 9.88. The van der Waals surface area contributed by atoms with E-state index in [4.69, 9.17) is 5.11 Å². The minimum Gasteiger partial charge on any atom is -0.481 e. The van der Waals surface area contributed by atoms with Crippen molar-refractivity contribution in [3.8, 4) is 0 Å². The summed E-state index contributed by atoms with van der Waals surface area (Å²) in [7, 11) is 0. The first-order valence-corrected chi connectivity index (χ1v) is 8.64. The van der Waals surface area contributed by atoms with Gasteiger partial charge in [0.05, 0.1) is 12.0 Å². The minimum absolute atomic E-state index is 0.00239. The van der Waals surface area contributed by atoms with E-state index in [1.165, 1.54) is 0 Å². The first-order chi connectivity index (χ1) is 11.1. The number of carboxylic acids is 1. The van der Waals surface area contributed by atoms with E-state index >= 15 is 0 Å². The highest BCUT2D eigenvalue weighted by Gasteiger charge is 2.35. The fourth-order valence-corrected chi connectivity index (χ4v) is 3.61. The van der Waals surface area contributed by atoms with Gasteiger partial charge in [-0.05, 0) is 30.7 Å². The van der Waals surface area contributed by atoms with E-state index in [0.29, 0.717) is 25.2 Å². The number of amides is 1. The third kappa shape index (κ3) is 4.34. The Morgan fingerprint density at radius 2 is 1.74 bits per heavy atom. The van der Waals surface area contributed by atoms with E-state index < -0.39 is 5.97 Å². The van der Waals surface area contributed by atoms with Gasteiger partial charge in [0.2, 0.25) is 5.91 Å². The molecular weight excluding hydrogens is 290 g/mol. The number of aliphatic carboxylic acids is 1. The number of carbonyl (C=O) groups excluding carboxylic acids is 1. The second-order valence-corrected chi connectivity index (χ2v) is 6.52. The van der Waals surface area contributed by atoms with Gasteiger partial charge in [-0.15, -0.1) is 0 Å². The van der Waals surface area contributed by atoms with Crippen LogP contribution in [0.25, 0.3) is 0 Å². The lowest BCUT2D eigenvalue weighted by molar-refractivity contribution is -0.141. The van der Waals surface area contributed by atoms with Gasteiger partial charge in [0.15, 0.2) is 0 Å². The van der Waals surface area contributed by atoms with Crippen LogP contribution in [-0.4, -0.2) is 17.0 Å². The van der Waals surface area contributed by atoms with Crippen molar-refractivity contribution in [3.63, 3.8) is 0 Å². The van der Waals surface area contributed by atoms with Gasteiger partial charge >= 0.3 is 5.97 Å². The average molecular weight is 317 g/mol. The summed E-state index contributed by atoms with van der Waals surface area (Å²) >= 11 is 0. The Bertz CT molecular complexity index is 525. The van der Waals surface area contributed by atoms with Crippen molar-refractivity contribution < 1.29 is 14.7 Å². The third-order valence-electron chi connectivity index (χ3n) is 5.13. The summed E-state index contributed by atoms with van der Waals surface area (Å²) in [6, 6.07) is 10.1. The molecular formula is C19H27NO3. The number of nitrogens with one attached hydrogen (secondary N) is 1. The Balaban J connectivity index is 2.09. The van der Waals surface area contributed by atoms with Crippen LogP contribution in [0.1, 0.15) is 57.6 Å². The lowest BCUT2D eigenvalue weighted by Crippen LogP contribution is -2.36. The maximum atomic E-state index is 12.6. The molecule has 1 amide bonds. The van der Waals surface area contributed by atoms with Gasteiger partial charge in [0.25, 0.3) is 0 Å². The van der Waals surface area contributed by atoms with Crippen LogP contribution in [0.4, 0.5) is 0 Å². The average Bonchev–Trinajstić information content (AvgIpc) is 3.06. The topological polar surface area (TPSA) is 66.4 Å². The number of hydrogen-bond acceptors (Lipinski definition) is 2. The largest absolute Gasteiger partial charge is 0.481 e. The molecule has 126 valence electrons. The molecule has 0 bridgehead atoms. The van der Waals surface area contributed by atoms with Crippen LogP contribution >= 0.6 is 0 Å². The van der Waals surface area contributed by atoms with Crippen LogP contribution in [0.2, 0.25) is 0 Å². The lowest BCUT2D eigenvalue weighted by Gasteiger charge is -2.28. The highest BCUT2D eigenvalue weighted by atomic mass is 16.4. The molecule has 2 rings (SSSR count). The summed E-state index contributed by atoms with van der Waals surface area (Å²) in [4.78, 5) is 23.7. The van der Waals surface area contributed by atoms with Crippen molar-refractivity contribution in [2.24, 2.45) is 17.8 Å². The molecule has 1 aromatic carbocycles. The summed E-state index contributed by atoms with van der Waals surface area (Å²) in [5.74, 6) is -0.918. The van der Waals surface area contributed by atoms with E-state index in [1.807, 2.05) is 18.2 Å². The smallest absolute Gasteiger partial charge is 0.306 e. The predicted octanol–water partition coefficient (Wildman–Crippen LogP) is 3.78. The first kappa shape index (κ1) is 17.5.